The van der Waals surface area contributed by atoms with Gasteiger partial charge in [-0.1, -0.05) is 39.0 Å². The summed E-state index contributed by atoms with van der Waals surface area (Å²) in [5, 5.41) is 10.8. The van der Waals surface area contributed by atoms with Crippen molar-refractivity contribution in [3.05, 3.63) is 23.3 Å². The van der Waals surface area contributed by atoms with Gasteiger partial charge in [-0.15, -0.1) is 0 Å². The van der Waals surface area contributed by atoms with Crippen molar-refractivity contribution in [1.82, 2.24) is 0 Å². The summed E-state index contributed by atoms with van der Waals surface area (Å²) in [7, 11) is -1.53. The predicted octanol–water partition coefficient (Wildman–Crippen LogP) is 6.15. The average Bonchev–Trinajstić information content (AvgIpc) is 2.78. The Bertz CT molecular complexity index is 704. The second kappa shape index (κ2) is 16.5. The van der Waals surface area contributed by atoms with Crippen molar-refractivity contribution in [2.24, 2.45) is 5.73 Å². The Kier molecular flexibility index (Phi) is 15.0. The van der Waals surface area contributed by atoms with E-state index in [-0.39, 0.29) is 12.2 Å². The van der Waals surface area contributed by atoms with Gasteiger partial charge in [-0.2, -0.15) is 0 Å². The molecule has 1 unspecified atom stereocenters. The summed E-state index contributed by atoms with van der Waals surface area (Å²) in [5.41, 5.74) is 7.87. The van der Waals surface area contributed by atoms with Gasteiger partial charge in [0.25, 0.3) is 0 Å². The molecule has 0 heterocycles. The van der Waals surface area contributed by atoms with E-state index in [4.69, 9.17) is 24.3 Å². The largest absolute Gasteiger partial charge is 0.493 e. The number of methoxy groups -OCH3 is 1. The number of ether oxygens (including phenoxy) is 2. The van der Waals surface area contributed by atoms with Crippen molar-refractivity contribution in [3.63, 3.8) is 0 Å². The average molecular weight is 488 g/mol. The Morgan fingerprint density at radius 2 is 1.67 bits per heavy atom. The molecule has 0 spiro atoms. The molecule has 2 atom stereocenters. The molecule has 1 rings (SSSR count). The lowest BCUT2D eigenvalue weighted by atomic mass is 9.98. The molecule has 192 valence electrons. The maximum Gasteiger partial charge on any atom is 0.330 e. The summed E-state index contributed by atoms with van der Waals surface area (Å²) >= 11 is 0. The first-order valence-electron chi connectivity index (χ1n) is 12.4. The second-order valence-corrected chi connectivity index (χ2v) is 10.6. The topological polar surface area (TPSA) is 100 Å². The highest BCUT2D eigenvalue weighted by atomic mass is 31.2. The fraction of sp³-hybridized carbons (Fsp3) is 0.760. The van der Waals surface area contributed by atoms with Gasteiger partial charge in [0.1, 0.15) is 0 Å². The Labute approximate surface area is 200 Å². The Morgan fingerprint density at radius 1 is 1.03 bits per heavy atom. The van der Waals surface area contributed by atoms with Crippen LogP contribution in [0.1, 0.15) is 89.4 Å². The Hall–Kier alpha value is -1.11. The first-order valence-corrected chi connectivity index (χ1v) is 14.2. The zero-order chi connectivity index (χ0) is 24.7. The van der Waals surface area contributed by atoms with Gasteiger partial charge in [-0.25, -0.2) is 0 Å². The number of aliphatic hydroxyl groups excluding tert-OH is 1. The van der Waals surface area contributed by atoms with Crippen LogP contribution in [0.15, 0.2) is 12.1 Å². The van der Waals surface area contributed by atoms with Crippen LogP contribution < -0.4 is 15.2 Å². The van der Waals surface area contributed by atoms with Crippen molar-refractivity contribution >= 4 is 7.60 Å². The molecule has 0 aliphatic carbocycles. The molecular weight excluding hydrogens is 441 g/mol. The first-order chi connectivity index (χ1) is 15.8. The summed E-state index contributed by atoms with van der Waals surface area (Å²) in [6, 6.07) is 3.39. The number of hydrogen-bond acceptors (Lipinski definition) is 7. The highest BCUT2D eigenvalue weighted by molar-refractivity contribution is 7.53. The van der Waals surface area contributed by atoms with E-state index in [2.05, 4.69) is 6.92 Å². The molecule has 0 bridgehead atoms. The maximum atomic E-state index is 12.6. The van der Waals surface area contributed by atoms with E-state index in [1.54, 1.807) is 21.0 Å². The van der Waals surface area contributed by atoms with E-state index in [1.807, 2.05) is 19.1 Å². The molecule has 0 aliphatic rings. The first kappa shape index (κ1) is 29.9. The normalized spacial score (nSPS) is 13.7. The fourth-order valence-electron chi connectivity index (χ4n) is 3.78. The third-order valence-electron chi connectivity index (χ3n) is 5.56. The van der Waals surface area contributed by atoms with E-state index in [0.29, 0.717) is 38.4 Å². The second-order valence-electron chi connectivity index (χ2n) is 8.46. The van der Waals surface area contributed by atoms with E-state index in [1.165, 1.54) is 25.7 Å². The molecule has 0 amide bonds. The van der Waals surface area contributed by atoms with E-state index < -0.39 is 13.7 Å². The number of benzene rings is 1. The van der Waals surface area contributed by atoms with Gasteiger partial charge in [0.05, 0.1) is 39.2 Å². The van der Waals surface area contributed by atoms with E-state index in [0.717, 1.165) is 29.7 Å². The summed E-state index contributed by atoms with van der Waals surface area (Å²) in [6.07, 6.45) is 7.47. The highest BCUT2D eigenvalue weighted by Crippen LogP contribution is 2.48. The summed E-state index contributed by atoms with van der Waals surface area (Å²) < 4.78 is 34.8. The van der Waals surface area contributed by atoms with Crippen LogP contribution in [0.4, 0.5) is 0 Å². The molecular formula is C25H46NO6P. The predicted molar refractivity (Wildman–Crippen MR) is 134 cm³/mol. The van der Waals surface area contributed by atoms with Crippen LogP contribution in [0.3, 0.4) is 0 Å². The van der Waals surface area contributed by atoms with Gasteiger partial charge in [-0.3, -0.25) is 4.57 Å². The third kappa shape index (κ3) is 11.2. The quantitative estimate of drug-likeness (QED) is 0.178. The molecule has 7 nitrogen and oxygen atoms in total. The number of unbranched alkanes of at least 4 members (excludes halogenated alkanes) is 5. The maximum absolute atomic E-state index is 12.6. The van der Waals surface area contributed by atoms with Crippen LogP contribution in [0.2, 0.25) is 0 Å². The Balaban J connectivity index is 2.65. The van der Waals surface area contributed by atoms with Crippen LogP contribution in [0.25, 0.3) is 0 Å². The zero-order valence-corrected chi connectivity index (χ0v) is 22.2. The minimum absolute atomic E-state index is 0.232. The summed E-state index contributed by atoms with van der Waals surface area (Å²) in [6.45, 7) is 9.03. The minimum atomic E-state index is -3.14. The smallest absolute Gasteiger partial charge is 0.330 e. The number of hydrogen-bond donors (Lipinski definition) is 2. The van der Waals surface area contributed by atoms with E-state index >= 15 is 0 Å². The van der Waals surface area contributed by atoms with Crippen molar-refractivity contribution in [1.29, 1.82) is 0 Å². The van der Waals surface area contributed by atoms with Gasteiger partial charge in [0, 0.05) is 6.04 Å². The SMILES string of the molecule is CCCCCCCCOc1c(C)cc(C(O)C[C@@H](N)CCP(=O)(OCC)OCC)cc1OC. The number of nitrogens with two attached hydrogens (primary N) is 1. The van der Waals surface area contributed by atoms with Gasteiger partial charge in [-0.05, 0) is 63.3 Å². The number of rotatable bonds is 19. The molecule has 0 radical (unpaired) electrons. The van der Waals surface area contributed by atoms with Crippen LogP contribution in [-0.4, -0.2) is 44.2 Å². The lowest BCUT2D eigenvalue weighted by Crippen LogP contribution is -2.24. The van der Waals surface area contributed by atoms with Gasteiger partial charge in [0.2, 0.25) is 0 Å². The third-order valence-corrected chi connectivity index (χ3v) is 7.67. The molecule has 0 fully saturated rings. The summed E-state index contributed by atoms with van der Waals surface area (Å²) in [5.74, 6) is 1.33. The Morgan fingerprint density at radius 3 is 2.27 bits per heavy atom. The number of aryl methyl sites for hydroxylation is 1. The van der Waals surface area contributed by atoms with E-state index in [9.17, 15) is 9.67 Å². The fourth-order valence-corrected chi connectivity index (χ4v) is 5.55. The summed E-state index contributed by atoms with van der Waals surface area (Å²) in [4.78, 5) is 0. The van der Waals surface area contributed by atoms with Crippen LogP contribution in [0.5, 0.6) is 11.5 Å². The molecule has 1 aromatic rings. The van der Waals surface area contributed by atoms with Gasteiger partial charge in [0.15, 0.2) is 11.5 Å². The molecule has 0 saturated carbocycles. The van der Waals surface area contributed by atoms with Gasteiger partial charge < -0.3 is 29.4 Å². The molecule has 1 aromatic carbocycles. The van der Waals surface area contributed by atoms with Gasteiger partial charge >= 0.3 is 7.60 Å². The molecule has 33 heavy (non-hydrogen) atoms. The van der Waals surface area contributed by atoms with Crippen LogP contribution >= 0.6 is 7.60 Å². The van der Waals surface area contributed by atoms with Crippen molar-refractivity contribution in [2.75, 3.05) is 33.1 Å². The lowest BCUT2D eigenvalue weighted by Gasteiger charge is -2.22. The van der Waals surface area contributed by atoms with Crippen LogP contribution in [0, 0.1) is 6.92 Å². The molecule has 8 heteroatoms. The molecule has 0 aliphatic heterocycles. The monoisotopic (exact) mass is 487 g/mol. The molecule has 0 aromatic heterocycles. The van der Waals surface area contributed by atoms with Crippen LogP contribution in [-0.2, 0) is 13.6 Å². The zero-order valence-electron chi connectivity index (χ0n) is 21.3. The molecule has 3 N–H and O–H groups in total. The highest BCUT2D eigenvalue weighted by Gasteiger charge is 2.25. The van der Waals surface area contributed by atoms with Crippen molar-refractivity contribution in [3.8, 4) is 11.5 Å². The molecule has 0 saturated heterocycles. The van der Waals surface area contributed by atoms with Crippen molar-refractivity contribution in [2.45, 2.75) is 91.2 Å². The van der Waals surface area contributed by atoms with Crippen molar-refractivity contribution < 1.29 is 28.2 Å². The minimum Gasteiger partial charge on any atom is -0.493 e. The lowest BCUT2D eigenvalue weighted by molar-refractivity contribution is 0.155. The number of aliphatic hydroxyl groups is 1. The standard InChI is InChI=1S/C25H46NO6P/c1-6-9-10-11-12-13-15-30-25-20(4)17-21(18-24(25)29-5)23(27)19-22(26)14-16-33(28,31-7-2)32-8-3/h17-18,22-23,27H,6-16,19,26H2,1-5H3/t22-,23?/m0/s1.